The van der Waals surface area contributed by atoms with Gasteiger partial charge in [-0.05, 0) is 72.1 Å². The standard InChI is InChI=1S/C24H26.C3H8/c1-4-20-7-5-9-23(16-20)24-10-6-8-21(17-24)13-14-22-12-11-18(2)19(3)15-22;1-3-2/h5-12,15-17H,4,13-14H2,1-3H3;3H2,1-2H3. The van der Waals surface area contributed by atoms with Crippen molar-refractivity contribution in [2.24, 2.45) is 0 Å². The number of rotatable bonds is 5. The highest BCUT2D eigenvalue weighted by Crippen LogP contribution is 2.23. The molecular formula is C27H34. The number of benzene rings is 3. The lowest BCUT2D eigenvalue weighted by molar-refractivity contribution is 0.957. The minimum absolute atomic E-state index is 1.08. The molecule has 0 aliphatic heterocycles. The third-order valence-corrected chi connectivity index (χ3v) is 4.87. The summed E-state index contributed by atoms with van der Waals surface area (Å²) in [6, 6.07) is 24.7. The fraction of sp³-hybridized carbons (Fsp3) is 0.333. The van der Waals surface area contributed by atoms with Crippen LogP contribution in [0.25, 0.3) is 11.1 Å². The minimum atomic E-state index is 1.08. The van der Waals surface area contributed by atoms with Crippen molar-refractivity contribution in [1.82, 2.24) is 0 Å². The molecule has 0 atom stereocenters. The predicted octanol–water partition coefficient (Wildman–Crippen LogP) is 7.73. The van der Waals surface area contributed by atoms with Gasteiger partial charge in [-0.1, -0.05) is 93.9 Å². The Morgan fingerprint density at radius 3 is 1.63 bits per heavy atom. The minimum Gasteiger partial charge on any atom is -0.0656 e. The molecule has 142 valence electrons. The highest BCUT2D eigenvalue weighted by atomic mass is 14.1. The summed E-state index contributed by atoms with van der Waals surface area (Å²) in [6.07, 6.45) is 4.52. The largest absolute Gasteiger partial charge is 0.0656 e. The van der Waals surface area contributed by atoms with E-state index in [1.54, 1.807) is 0 Å². The molecule has 3 aromatic carbocycles. The van der Waals surface area contributed by atoms with E-state index in [0.29, 0.717) is 0 Å². The van der Waals surface area contributed by atoms with E-state index in [1.165, 1.54) is 45.4 Å². The Kier molecular flexibility index (Phi) is 8.33. The van der Waals surface area contributed by atoms with Crippen LogP contribution in [-0.4, -0.2) is 0 Å². The van der Waals surface area contributed by atoms with Crippen LogP contribution in [0.3, 0.4) is 0 Å². The zero-order valence-corrected chi connectivity index (χ0v) is 17.7. The third kappa shape index (κ3) is 6.40. The average Bonchev–Trinajstić information content (AvgIpc) is 2.70. The maximum absolute atomic E-state index is 2.34. The molecule has 0 saturated heterocycles. The second kappa shape index (κ2) is 10.7. The van der Waals surface area contributed by atoms with E-state index < -0.39 is 0 Å². The molecule has 0 heterocycles. The molecule has 0 heteroatoms. The van der Waals surface area contributed by atoms with Crippen LogP contribution in [0, 0.1) is 13.8 Å². The van der Waals surface area contributed by atoms with E-state index in [-0.39, 0.29) is 0 Å². The van der Waals surface area contributed by atoms with Gasteiger partial charge in [-0.3, -0.25) is 0 Å². The third-order valence-electron chi connectivity index (χ3n) is 4.87. The maximum atomic E-state index is 2.34. The van der Waals surface area contributed by atoms with Gasteiger partial charge in [0.1, 0.15) is 0 Å². The molecule has 27 heavy (non-hydrogen) atoms. The van der Waals surface area contributed by atoms with Crippen LogP contribution >= 0.6 is 0 Å². The van der Waals surface area contributed by atoms with Gasteiger partial charge in [0, 0.05) is 0 Å². The van der Waals surface area contributed by atoms with Crippen molar-refractivity contribution in [3.8, 4) is 11.1 Å². The smallest absolute Gasteiger partial charge is 0.0181 e. The molecule has 0 aliphatic carbocycles. The summed E-state index contributed by atoms with van der Waals surface area (Å²) in [5.41, 5.74) is 9.64. The van der Waals surface area contributed by atoms with Gasteiger partial charge in [-0.15, -0.1) is 0 Å². The van der Waals surface area contributed by atoms with Crippen molar-refractivity contribution in [2.75, 3.05) is 0 Å². The molecule has 3 rings (SSSR count). The van der Waals surface area contributed by atoms with Crippen LogP contribution in [-0.2, 0) is 19.3 Å². The molecule has 0 radical (unpaired) electrons. The Bertz CT molecular complexity index is 842. The first-order valence-electron chi connectivity index (χ1n) is 10.3. The fourth-order valence-corrected chi connectivity index (χ4v) is 3.12. The van der Waals surface area contributed by atoms with E-state index in [4.69, 9.17) is 0 Å². The van der Waals surface area contributed by atoms with Crippen LogP contribution in [0.1, 0.15) is 55.0 Å². The van der Waals surface area contributed by atoms with Crippen molar-refractivity contribution < 1.29 is 0 Å². The molecule has 0 fully saturated rings. The lowest BCUT2D eigenvalue weighted by atomic mass is 9.97. The molecule has 0 saturated carbocycles. The zero-order chi connectivity index (χ0) is 19.6. The lowest BCUT2D eigenvalue weighted by Crippen LogP contribution is -1.93. The quantitative estimate of drug-likeness (QED) is 0.437. The Hall–Kier alpha value is -2.34. The van der Waals surface area contributed by atoms with E-state index in [2.05, 4.69) is 101 Å². The second-order valence-electron chi connectivity index (χ2n) is 7.38. The average molecular weight is 359 g/mol. The van der Waals surface area contributed by atoms with Crippen molar-refractivity contribution in [2.45, 2.75) is 60.3 Å². The first kappa shape index (κ1) is 21.0. The second-order valence-corrected chi connectivity index (χ2v) is 7.38. The first-order valence-corrected chi connectivity index (χ1v) is 10.3. The molecular weight excluding hydrogens is 324 g/mol. The van der Waals surface area contributed by atoms with Crippen LogP contribution in [0.5, 0.6) is 0 Å². The summed E-state index contributed by atoms with van der Waals surface area (Å²) in [5, 5.41) is 0. The van der Waals surface area contributed by atoms with Crippen LogP contribution in [0.2, 0.25) is 0 Å². The molecule has 0 aliphatic rings. The maximum Gasteiger partial charge on any atom is -0.0181 e. The zero-order valence-electron chi connectivity index (χ0n) is 17.7. The number of hydrogen-bond acceptors (Lipinski definition) is 0. The van der Waals surface area contributed by atoms with Gasteiger partial charge in [0.25, 0.3) is 0 Å². The summed E-state index contributed by atoms with van der Waals surface area (Å²) in [7, 11) is 0. The van der Waals surface area contributed by atoms with Crippen molar-refractivity contribution >= 4 is 0 Å². The molecule has 0 amide bonds. The number of aryl methyl sites for hydroxylation is 5. The lowest BCUT2D eigenvalue weighted by Gasteiger charge is -2.08. The van der Waals surface area contributed by atoms with E-state index in [9.17, 15) is 0 Å². The normalized spacial score (nSPS) is 10.3. The Morgan fingerprint density at radius 2 is 1.07 bits per heavy atom. The molecule has 0 spiro atoms. The molecule has 0 unspecified atom stereocenters. The monoisotopic (exact) mass is 358 g/mol. The van der Waals surface area contributed by atoms with E-state index in [1.807, 2.05) is 0 Å². The molecule has 3 aromatic rings. The topological polar surface area (TPSA) is 0 Å². The van der Waals surface area contributed by atoms with Crippen LogP contribution < -0.4 is 0 Å². The summed E-state index contributed by atoms with van der Waals surface area (Å²) in [4.78, 5) is 0. The predicted molar refractivity (Wildman–Crippen MR) is 121 cm³/mol. The summed E-state index contributed by atoms with van der Waals surface area (Å²) in [5.74, 6) is 0. The van der Waals surface area contributed by atoms with Gasteiger partial charge in [0.15, 0.2) is 0 Å². The molecule has 0 aromatic heterocycles. The Balaban J connectivity index is 0.000000817. The SMILES string of the molecule is CCC.CCc1cccc(-c2cccc(CCc3ccc(C)c(C)c3)c2)c1. The fourth-order valence-electron chi connectivity index (χ4n) is 3.12. The van der Waals surface area contributed by atoms with Crippen molar-refractivity contribution in [3.05, 3.63) is 94.5 Å². The van der Waals surface area contributed by atoms with Gasteiger partial charge in [-0.2, -0.15) is 0 Å². The Labute approximate surface area is 166 Å². The van der Waals surface area contributed by atoms with Crippen LogP contribution in [0.4, 0.5) is 0 Å². The van der Waals surface area contributed by atoms with E-state index in [0.717, 1.165) is 19.3 Å². The Morgan fingerprint density at radius 1 is 0.556 bits per heavy atom. The number of hydrogen-bond donors (Lipinski definition) is 0. The highest BCUT2D eigenvalue weighted by molar-refractivity contribution is 5.65. The van der Waals surface area contributed by atoms with Crippen molar-refractivity contribution in [1.29, 1.82) is 0 Å². The van der Waals surface area contributed by atoms with Crippen LogP contribution in [0.15, 0.2) is 66.7 Å². The highest BCUT2D eigenvalue weighted by Gasteiger charge is 2.02. The summed E-state index contributed by atoms with van der Waals surface area (Å²) >= 11 is 0. The summed E-state index contributed by atoms with van der Waals surface area (Å²) in [6.45, 7) is 10.8. The molecule has 0 bridgehead atoms. The summed E-state index contributed by atoms with van der Waals surface area (Å²) < 4.78 is 0. The molecule has 0 N–H and O–H groups in total. The van der Waals surface area contributed by atoms with Gasteiger partial charge in [0.2, 0.25) is 0 Å². The molecule has 0 nitrogen and oxygen atoms in total. The van der Waals surface area contributed by atoms with Gasteiger partial charge < -0.3 is 0 Å². The van der Waals surface area contributed by atoms with Gasteiger partial charge in [-0.25, -0.2) is 0 Å². The van der Waals surface area contributed by atoms with Gasteiger partial charge >= 0.3 is 0 Å². The van der Waals surface area contributed by atoms with E-state index >= 15 is 0 Å². The first-order chi connectivity index (χ1) is 13.1. The van der Waals surface area contributed by atoms with Crippen molar-refractivity contribution in [3.63, 3.8) is 0 Å². The van der Waals surface area contributed by atoms with Gasteiger partial charge in [0.05, 0.1) is 0 Å².